The molecule has 102 valence electrons. The number of nitrogens with two attached hydrogens (primary N) is 1. The lowest BCUT2D eigenvalue weighted by atomic mass is 10.0. The Labute approximate surface area is 110 Å². The van der Waals surface area contributed by atoms with Crippen molar-refractivity contribution in [2.24, 2.45) is 10.8 Å². The molecule has 1 aromatic carbocycles. The predicted molar refractivity (Wildman–Crippen MR) is 70.7 cm³/mol. The molecule has 0 bridgehead atoms. The van der Waals surface area contributed by atoms with Crippen LogP contribution in [0.25, 0.3) is 11.0 Å². The molecule has 3 nitrogen and oxygen atoms in total. The number of benzene rings is 1. The van der Waals surface area contributed by atoms with Crippen LogP contribution in [0.5, 0.6) is 0 Å². The summed E-state index contributed by atoms with van der Waals surface area (Å²) in [4.78, 5) is 4.14. The fourth-order valence-corrected chi connectivity index (χ4v) is 3.21. The molecule has 0 radical (unpaired) electrons. The Morgan fingerprint density at radius 2 is 1.74 bits per heavy atom. The second-order valence-corrected chi connectivity index (χ2v) is 6.42. The van der Waals surface area contributed by atoms with Gasteiger partial charge in [-0.1, -0.05) is 27.7 Å². The van der Waals surface area contributed by atoms with Crippen LogP contribution in [0, 0.1) is 22.5 Å². The van der Waals surface area contributed by atoms with E-state index >= 15 is 0 Å². The number of halogens is 2. The largest absolute Gasteiger partial charge is 0.369 e. The maximum absolute atomic E-state index is 14.1. The van der Waals surface area contributed by atoms with E-state index in [9.17, 15) is 8.78 Å². The maximum atomic E-state index is 14.1. The number of hydrogen-bond acceptors (Lipinski definition) is 2. The Kier molecular flexibility index (Phi) is 2.13. The monoisotopic (exact) mass is 265 g/mol. The van der Waals surface area contributed by atoms with Gasteiger partial charge in [-0.2, -0.15) is 0 Å². The Bertz CT molecular complexity index is 672. The highest BCUT2D eigenvalue weighted by Gasteiger charge is 2.66. The van der Waals surface area contributed by atoms with Crippen LogP contribution in [0.3, 0.4) is 0 Å². The van der Waals surface area contributed by atoms with Crippen molar-refractivity contribution in [1.29, 1.82) is 0 Å². The summed E-state index contributed by atoms with van der Waals surface area (Å²) in [5, 5.41) is 0. The lowest BCUT2D eigenvalue weighted by molar-refractivity contribution is 0.457. The Morgan fingerprint density at radius 1 is 1.16 bits per heavy atom. The molecule has 5 heteroatoms. The number of fused-ring (bicyclic) bond motifs is 1. The lowest BCUT2D eigenvalue weighted by Gasteiger charge is -2.09. The van der Waals surface area contributed by atoms with Crippen molar-refractivity contribution in [3.05, 3.63) is 23.8 Å². The van der Waals surface area contributed by atoms with Crippen LogP contribution < -0.4 is 5.73 Å². The van der Waals surface area contributed by atoms with Crippen molar-refractivity contribution >= 4 is 17.0 Å². The highest BCUT2D eigenvalue weighted by atomic mass is 19.2. The van der Waals surface area contributed by atoms with Crippen LogP contribution in [0.4, 0.5) is 14.7 Å². The van der Waals surface area contributed by atoms with Crippen LogP contribution in [-0.2, 0) is 0 Å². The van der Waals surface area contributed by atoms with Crippen LogP contribution >= 0.6 is 0 Å². The zero-order valence-electron chi connectivity index (χ0n) is 11.5. The van der Waals surface area contributed by atoms with Gasteiger partial charge >= 0.3 is 0 Å². The van der Waals surface area contributed by atoms with Crippen LogP contribution in [0.15, 0.2) is 12.1 Å². The van der Waals surface area contributed by atoms with Crippen molar-refractivity contribution in [3.63, 3.8) is 0 Å². The molecule has 2 aromatic rings. The van der Waals surface area contributed by atoms with E-state index in [1.54, 1.807) is 4.57 Å². The van der Waals surface area contributed by atoms with Gasteiger partial charge in [0.2, 0.25) is 5.95 Å². The first kappa shape index (κ1) is 12.4. The normalized spacial score (nSPS) is 20.9. The molecule has 1 fully saturated rings. The van der Waals surface area contributed by atoms with Gasteiger partial charge in [-0.25, -0.2) is 13.8 Å². The van der Waals surface area contributed by atoms with E-state index < -0.39 is 11.6 Å². The molecule has 0 amide bonds. The average Bonchev–Trinajstić information content (AvgIpc) is 2.58. The SMILES string of the molecule is CC1(C)C(n2c(N)nc3ccc(F)c(F)c32)C1(C)C. The molecule has 1 aromatic heterocycles. The second-order valence-electron chi connectivity index (χ2n) is 6.42. The average molecular weight is 265 g/mol. The molecule has 0 spiro atoms. The second kappa shape index (κ2) is 3.26. The van der Waals surface area contributed by atoms with Crippen molar-refractivity contribution in [2.75, 3.05) is 5.73 Å². The number of nitrogen functional groups attached to an aromatic ring is 1. The molecule has 1 aliphatic carbocycles. The smallest absolute Gasteiger partial charge is 0.201 e. The standard InChI is InChI=1S/C14H17F2N3/c1-13(2)11(14(13,3)4)19-10-8(18-12(19)17)6-5-7(15)9(10)16/h5-6,11H,1-4H3,(H2,17,18). The van der Waals surface area contributed by atoms with Crippen molar-refractivity contribution in [3.8, 4) is 0 Å². The van der Waals surface area contributed by atoms with Crippen molar-refractivity contribution < 1.29 is 8.78 Å². The first-order valence-electron chi connectivity index (χ1n) is 6.31. The highest BCUT2D eigenvalue weighted by molar-refractivity contribution is 5.79. The first-order valence-corrected chi connectivity index (χ1v) is 6.31. The van der Waals surface area contributed by atoms with Gasteiger partial charge in [-0.15, -0.1) is 0 Å². The summed E-state index contributed by atoms with van der Waals surface area (Å²) in [6.45, 7) is 8.39. The molecular formula is C14H17F2N3. The summed E-state index contributed by atoms with van der Waals surface area (Å²) < 4.78 is 29.2. The Balaban J connectivity index is 2.31. The van der Waals surface area contributed by atoms with Crippen LogP contribution in [0.2, 0.25) is 0 Å². The number of nitrogens with zero attached hydrogens (tertiary/aromatic N) is 2. The molecule has 1 aliphatic rings. The van der Waals surface area contributed by atoms with Gasteiger partial charge in [0.15, 0.2) is 11.6 Å². The number of hydrogen-bond donors (Lipinski definition) is 1. The molecule has 19 heavy (non-hydrogen) atoms. The molecule has 1 saturated carbocycles. The minimum atomic E-state index is -0.875. The van der Waals surface area contributed by atoms with E-state index in [0.29, 0.717) is 5.52 Å². The summed E-state index contributed by atoms with van der Waals surface area (Å²) in [6, 6.07) is 2.56. The van der Waals surface area contributed by atoms with Crippen LogP contribution in [-0.4, -0.2) is 9.55 Å². The molecule has 0 aliphatic heterocycles. The fraction of sp³-hybridized carbons (Fsp3) is 0.500. The molecule has 0 unspecified atom stereocenters. The Hall–Kier alpha value is -1.65. The zero-order valence-corrected chi connectivity index (χ0v) is 11.5. The lowest BCUT2D eigenvalue weighted by Crippen LogP contribution is -2.07. The van der Waals surface area contributed by atoms with Gasteiger partial charge in [0, 0.05) is 6.04 Å². The van der Waals surface area contributed by atoms with Gasteiger partial charge in [0.1, 0.15) is 5.52 Å². The predicted octanol–water partition coefficient (Wildman–Crippen LogP) is 3.50. The molecule has 3 rings (SSSR count). The third-order valence-electron chi connectivity index (χ3n) is 4.97. The van der Waals surface area contributed by atoms with Gasteiger partial charge in [0.25, 0.3) is 0 Å². The van der Waals surface area contributed by atoms with E-state index in [1.165, 1.54) is 6.07 Å². The third-order valence-corrected chi connectivity index (χ3v) is 4.97. The summed E-state index contributed by atoms with van der Waals surface area (Å²) in [7, 11) is 0. The van der Waals surface area contributed by atoms with E-state index in [2.05, 4.69) is 32.7 Å². The van der Waals surface area contributed by atoms with E-state index in [0.717, 1.165) is 6.07 Å². The van der Waals surface area contributed by atoms with Gasteiger partial charge < -0.3 is 10.3 Å². The van der Waals surface area contributed by atoms with Crippen LogP contribution in [0.1, 0.15) is 33.7 Å². The highest BCUT2D eigenvalue weighted by Crippen LogP contribution is 2.72. The van der Waals surface area contributed by atoms with Crippen molar-refractivity contribution in [2.45, 2.75) is 33.7 Å². The first-order chi connectivity index (χ1) is 8.69. The zero-order chi connectivity index (χ0) is 14.2. The van der Waals surface area contributed by atoms with E-state index in [-0.39, 0.29) is 28.3 Å². The van der Waals surface area contributed by atoms with Gasteiger partial charge in [-0.3, -0.25) is 0 Å². The molecule has 2 N–H and O–H groups in total. The summed E-state index contributed by atoms with van der Waals surface area (Å²) in [5.41, 5.74) is 6.42. The quantitative estimate of drug-likeness (QED) is 0.857. The molecular weight excluding hydrogens is 248 g/mol. The third kappa shape index (κ3) is 1.33. The summed E-state index contributed by atoms with van der Waals surface area (Å²) >= 11 is 0. The Morgan fingerprint density at radius 3 is 2.26 bits per heavy atom. The minimum Gasteiger partial charge on any atom is -0.369 e. The summed E-state index contributed by atoms with van der Waals surface area (Å²) in [6.07, 6.45) is 0. The van der Waals surface area contributed by atoms with Gasteiger partial charge in [-0.05, 0) is 23.0 Å². The number of imidazole rings is 1. The molecule has 0 atom stereocenters. The maximum Gasteiger partial charge on any atom is 0.201 e. The molecule has 0 saturated heterocycles. The number of rotatable bonds is 1. The fourth-order valence-electron chi connectivity index (χ4n) is 3.21. The molecule has 1 heterocycles. The van der Waals surface area contributed by atoms with E-state index in [4.69, 9.17) is 5.73 Å². The topological polar surface area (TPSA) is 43.8 Å². The van der Waals surface area contributed by atoms with Crippen molar-refractivity contribution in [1.82, 2.24) is 9.55 Å². The van der Waals surface area contributed by atoms with E-state index in [1.807, 2.05) is 0 Å². The number of anilines is 1. The van der Waals surface area contributed by atoms with Gasteiger partial charge in [0.05, 0.1) is 5.52 Å². The number of aromatic nitrogens is 2. The minimum absolute atomic E-state index is 0.0151. The summed E-state index contributed by atoms with van der Waals surface area (Å²) in [5.74, 6) is -1.51.